The summed E-state index contributed by atoms with van der Waals surface area (Å²) in [5.74, 6) is -0.439. The Labute approximate surface area is 205 Å². The molecule has 3 heterocycles. The smallest absolute Gasteiger partial charge is 0.338 e. The molecule has 4 amide bonds. The lowest BCUT2D eigenvalue weighted by Crippen LogP contribution is -2.58. The summed E-state index contributed by atoms with van der Waals surface area (Å²) in [5.41, 5.74) is 1.90. The van der Waals surface area contributed by atoms with Crippen molar-refractivity contribution in [3.05, 3.63) is 46.3 Å². The molecule has 0 saturated carbocycles. The van der Waals surface area contributed by atoms with E-state index in [9.17, 15) is 14.4 Å². The van der Waals surface area contributed by atoms with Crippen LogP contribution in [-0.4, -0.2) is 84.1 Å². The van der Waals surface area contributed by atoms with Crippen molar-refractivity contribution in [1.29, 1.82) is 0 Å². The second-order valence-electron chi connectivity index (χ2n) is 8.80. The topological polar surface area (TPSA) is 94.2 Å². The normalized spacial score (nSPS) is 21.5. The molecule has 1 aromatic rings. The lowest BCUT2D eigenvalue weighted by Gasteiger charge is -2.42. The molecule has 2 aliphatic heterocycles. The van der Waals surface area contributed by atoms with Gasteiger partial charge >= 0.3 is 18.0 Å². The maximum atomic E-state index is 13.2. The number of hydrogen-bond acceptors (Lipinski definition) is 6. The molecule has 186 valence electrons. The van der Waals surface area contributed by atoms with Crippen LogP contribution in [0.3, 0.4) is 0 Å². The third-order valence-corrected chi connectivity index (χ3v) is 6.58. The van der Waals surface area contributed by atoms with Gasteiger partial charge < -0.3 is 20.3 Å². The van der Waals surface area contributed by atoms with Gasteiger partial charge in [0.05, 0.1) is 18.2 Å². The maximum Gasteiger partial charge on any atom is 0.338 e. The Balaban J connectivity index is 1.92. The highest BCUT2D eigenvalue weighted by molar-refractivity contribution is 7.08. The lowest BCUT2D eigenvalue weighted by molar-refractivity contribution is -0.139. The molecule has 0 aromatic carbocycles. The number of carbonyl (C=O) groups is 3. The summed E-state index contributed by atoms with van der Waals surface area (Å²) in [6.07, 6.45) is 1.64. The number of hydrogen-bond donors (Lipinski definition) is 2. The van der Waals surface area contributed by atoms with E-state index in [1.807, 2.05) is 42.5 Å². The molecule has 0 radical (unpaired) electrons. The predicted molar refractivity (Wildman–Crippen MR) is 132 cm³/mol. The number of nitrogens with one attached hydrogen (secondary N) is 2. The van der Waals surface area contributed by atoms with Crippen molar-refractivity contribution in [2.45, 2.75) is 45.8 Å². The van der Waals surface area contributed by atoms with E-state index in [2.05, 4.69) is 22.1 Å². The minimum Gasteiger partial charge on any atom is -0.463 e. The Morgan fingerprint density at radius 2 is 2.15 bits per heavy atom. The van der Waals surface area contributed by atoms with Gasteiger partial charge in [0.15, 0.2) is 0 Å². The number of rotatable bonds is 8. The zero-order chi connectivity index (χ0) is 24.8. The number of carbonyl (C=O) groups excluding carboxylic acids is 3. The van der Waals surface area contributed by atoms with Crippen molar-refractivity contribution in [3.8, 4) is 0 Å². The van der Waals surface area contributed by atoms with E-state index in [0.29, 0.717) is 37.4 Å². The molecule has 9 nitrogen and oxygen atoms in total. The molecule has 1 aromatic heterocycles. The highest BCUT2D eigenvalue weighted by Crippen LogP contribution is 2.33. The minimum atomic E-state index is -0.579. The Kier molecular flexibility index (Phi) is 8.73. The van der Waals surface area contributed by atoms with Crippen LogP contribution in [0.5, 0.6) is 0 Å². The van der Waals surface area contributed by atoms with Gasteiger partial charge in [-0.15, -0.1) is 6.58 Å². The van der Waals surface area contributed by atoms with Crippen LogP contribution in [-0.2, 0) is 9.53 Å². The molecule has 0 aliphatic carbocycles. The van der Waals surface area contributed by atoms with Gasteiger partial charge in [-0.1, -0.05) is 6.08 Å². The van der Waals surface area contributed by atoms with Crippen molar-refractivity contribution in [1.82, 2.24) is 25.3 Å². The number of amides is 4. The maximum absolute atomic E-state index is 13.2. The third kappa shape index (κ3) is 5.79. The molecule has 0 spiro atoms. The standard InChI is InChI=1S/C24H35N5O4S/c1-6-9-29-19(14-27-10-11-28(17(5)13-27)23(31)25-16(3)4)20(22(30)33-7-2)21(26-24(29)32)18-8-12-34-15-18/h6,8,12,15-17,21H,1,7,9-11,13-14H2,2-5H3,(H,25,31)(H,26,32)/t17-,21-/m0/s1. The first kappa shape index (κ1) is 25.8. The molecule has 1 fully saturated rings. The number of esters is 1. The van der Waals surface area contributed by atoms with Crippen molar-refractivity contribution < 1.29 is 19.1 Å². The van der Waals surface area contributed by atoms with Crippen LogP contribution in [0.2, 0.25) is 0 Å². The quantitative estimate of drug-likeness (QED) is 0.433. The fourth-order valence-electron chi connectivity index (χ4n) is 4.35. The highest BCUT2D eigenvalue weighted by atomic mass is 32.1. The lowest BCUT2D eigenvalue weighted by atomic mass is 9.95. The molecule has 2 N–H and O–H groups in total. The SMILES string of the molecule is C=CCN1C(=O)N[C@@H](c2ccsc2)C(C(=O)OCC)=C1CN1CCN(C(=O)NC(C)C)[C@@H](C)C1. The minimum absolute atomic E-state index is 0.0166. The van der Waals surface area contributed by atoms with Gasteiger partial charge in [-0.05, 0) is 50.1 Å². The van der Waals surface area contributed by atoms with Crippen molar-refractivity contribution in [3.63, 3.8) is 0 Å². The van der Waals surface area contributed by atoms with Gasteiger partial charge in [-0.3, -0.25) is 9.80 Å². The number of urea groups is 2. The third-order valence-electron chi connectivity index (χ3n) is 5.88. The summed E-state index contributed by atoms with van der Waals surface area (Å²) in [6, 6.07) is 1.03. The first-order valence-corrected chi connectivity index (χ1v) is 12.6. The van der Waals surface area contributed by atoms with Gasteiger partial charge in [0.2, 0.25) is 0 Å². The molecule has 10 heteroatoms. The summed E-state index contributed by atoms with van der Waals surface area (Å²) >= 11 is 1.51. The first-order valence-electron chi connectivity index (χ1n) is 11.7. The number of nitrogens with zero attached hydrogens (tertiary/aromatic N) is 3. The van der Waals surface area contributed by atoms with Crippen LogP contribution in [0.25, 0.3) is 0 Å². The zero-order valence-corrected chi connectivity index (χ0v) is 21.2. The Morgan fingerprint density at radius 1 is 1.38 bits per heavy atom. The van der Waals surface area contributed by atoms with Gasteiger partial charge in [0.1, 0.15) is 0 Å². The number of ether oxygens (including phenoxy) is 1. The second-order valence-corrected chi connectivity index (χ2v) is 9.58. The molecular formula is C24H35N5O4S. The van der Waals surface area contributed by atoms with Gasteiger partial charge in [0, 0.05) is 50.5 Å². The van der Waals surface area contributed by atoms with E-state index in [1.165, 1.54) is 11.3 Å². The summed E-state index contributed by atoms with van der Waals surface area (Å²) in [5, 5.41) is 9.77. The molecule has 3 rings (SSSR count). The molecule has 0 unspecified atom stereocenters. The van der Waals surface area contributed by atoms with Crippen LogP contribution >= 0.6 is 11.3 Å². The van der Waals surface area contributed by atoms with Gasteiger partial charge in [-0.25, -0.2) is 14.4 Å². The Morgan fingerprint density at radius 3 is 2.74 bits per heavy atom. The summed E-state index contributed by atoms with van der Waals surface area (Å²) < 4.78 is 5.42. The molecule has 0 bridgehead atoms. The number of thiophene rings is 1. The van der Waals surface area contributed by atoms with Gasteiger partial charge in [0.25, 0.3) is 0 Å². The van der Waals surface area contributed by atoms with Crippen LogP contribution < -0.4 is 10.6 Å². The van der Waals surface area contributed by atoms with E-state index >= 15 is 0 Å². The van der Waals surface area contributed by atoms with Crippen LogP contribution in [0.4, 0.5) is 9.59 Å². The predicted octanol–water partition coefficient (Wildman–Crippen LogP) is 2.94. The average Bonchev–Trinajstić information content (AvgIpc) is 3.30. The van der Waals surface area contributed by atoms with E-state index in [4.69, 9.17) is 4.74 Å². The van der Waals surface area contributed by atoms with E-state index in [0.717, 1.165) is 5.56 Å². The first-order chi connectivity index (χ1) is 16.3. The largest absolute Gasteiger partial charge is 0.463 e. The van der Waals surface area contributed by atoms with Crippen LogP contribution in [0, 0.1) is 0 Å². The molecule has 34 heavy (non-hydrogen) atoms. The molecule has 2 atom stereocenters. The fourth-order valence-corrected chi connectivity index (χ4v) is 5.04. The summed E-state index contributed by atoms with van der Waals surface area (Å²) in [6.45, 7) is 14.1. The van der Waals surface area contributed by atoms with E-state index in [-0.39, 0.29) is 37.3 Å². The summed E-state index contributed by atoms with van der Waals surface area (Å²) in [4.78, 5) is 44.4. The summed E-state index contributed by atoms with van der Waals surface area (Å²) in [7, 11) is 0. The van der Waals surface area contributed by atoms with Crippen LogP contribution in [0.1, 0.15) is 39.3 Å². The van der Waals surface area contributed by atoms with Crippen molar-refractivity contribution >= 4 is 29.4 Å². The Hall–Kier alpha value is -2.85. The highest BCUT2D eigenvalue weighted by Gasteiger charge is 2.39. The Bertz CT molecular complexity index is 930. The fraction of sp³-hybridized carbons (Fsp3) is 0.542. The molecular weight excluding hydrogens is 454 g/mol. The van der Waals surface area contributed by atoms with E-state index < -0.39 is 12.0 Å². The second kappa shape index (κ2) is 11.5. The molecule has 1 saturated heterocycles. The zero-order valence-electron chi connectivity index (χ0n) is 20.4. The average molecular weight is 490 g/mol. The van der Waals surface area contributed by atoms with Gasteiger partial charge in [-0.2, -0.15) is 11.3 Å². The monoisotopic (exact) mass is 489 g/mol. The van der Waals surface area contributed by atoms with Crippen molar-refractivity contribution in [2.24, 2.45) is 0 Å². The molecule has 2 aliphatic rings. The van der Waals surface area contributed by atoms with Crippen LogP contribution in [0.15, 0.2) is 40.8 Å². The number of piperazine rings is 1. The van der Waals surface area contributed by atoms with Crippen molar-refractivity contribution in [2.75, 3.05) is 39.3 Å². The van der Waals surface area contributed by atoms with E-state index in [1.54, 1.807) is 17.9 Å².